The van der Waals surface area contributed by atoms with Crippen molar-refractivity contribution in [3.05, 3.63) is 0 Å². The fraction of sp³-hybridized carbons (Fsp3) is 0.941. The van der Waals surface area contributed by atoms with Gasteiger partial charge in [-0.25, -0.2) is 0 Å². The Balaban J connectivity index is 2.03. The number of carboxylic acids is 1. The molecule has 1 N–H and O–H groups in total. The summed E-state index contributed by atoms with van der Waals surface area (Å²) < 4.78 is 0. The van der Waals surface area contributed by atoms with E-state index in [-0.39, 0.29) is 5.54 Å². The van der Waals surface area contributed by atoms with Crippen LogP contribution < -0.4 is 0 Å². The first-order chi connectivity index (χ1) is 9.56. The van der Waals surface area contributed by atoms with Crippen LogP contribution >= 0.6 is 0 Å². The monoisotopic (exact) mass is 281 g/mol. The van der Waals surface area contributed by atoms with E-state index in [0.29, 0.717) is 11.8 Å². The van der Waals surface area contributed by atoms with Crippen LogP contribution in [-0.4, -0.2) is 34.6 Å². The van der Waals surface area contributed by atoms with E-state index >= 15 is 0 Å². The highest BCUT2D eigenvalue weighted by Crippen LogP contribution is 2.48. The molecule has 0 bridgehead atoms. The molecule has 2 aliphatic rings. The molecule has 1 saturated heterocycles. The van der Waals surface area contributed by atoms with E-state index < -0.39 is 5.97 Å². The van der Waals surface area contributed by atoms with Crippen molar-refractivity contribution < 1.29 is 9.90 Å². The topological polar surface area (TPSA) is 40.5 Å². The van der Waals surface area contributed by atoms with Gasteiger partial charge in [0.25, 0.3) is 0 Å². The number of likely N-dealkylation sites (tertiary alicyclic amines) is 1. The van der Waals surface area contributed by atoms with Crippen molar-refractivity contribution in [2.24, 2.45) is 5.41 Å². The van der Waals surface area contributed by atoms with Gasteiger partial charge in [-0.1, -0.05) is 46.0 Å². The lowest BCUT2D eigenvalue weighted by atomic mass is 9.67. The van der Waals surface area contributed by atoms with Gasteiger partial charge >= 0.3 is 5.97 Å². The Hall–Kier alpha value is -0.570. The Morgan fingerprint density at radius 1 is 1.05 bits per heavy atom. The summed E-state index contributed by atoms with van der Waals surface area (Å²) >= 11 is 0. The summed E-state index contributed by atoms with van der Waals surface area (Å²) in [5.41, 5.74) is 0.474. The summed E-state index contributed by atoms with van der Waals surface area (Å²) in [6.07, 6.45) is 11.3. The zero-order valence-corrected chi connectivity index (χ0v) is 13.3. The smallest absolute Gasteiger partial charge is 0.305 e. The van der Waals surface area contributed by atoms with Crippen LogP contribution in [0.2, 0.25) is 0 Å². The Morgan fingerprint density at radius 3 is 2.05 bits per heavy atom. The molecule has 2 fully saturated rings. The number of carboxylic acid groups (broad SMARTS) is 1. The average molecular weight is 281 g/mol. The second-order valence-corrected chi connectivity index (χ2v) is 7.21. The highest BCUT2D eigenvalue weighted by Gasteiger charge is 2.51. The van der Waals surface area contributed by atoms with Crippen molar-refractivity contribution in [3.63, 3.8) is 0 Å². The highest BCUT2D eigenvalue weighted by atomic mass is 16.4. The van der Waals surface area contributed by atoms with Gasteiger partial charge in [-0.15, -0.1) is 0 Å². The molecule has 2 rings (SSSR count). The van der Waals surface area contributed by atoms with Crippen LogP contribution in [0.5, 0.6) is 0 Å². The van der Waals surface area contributed by atoms with Gasteiger partial charge < -0.3 is 5.11 Å². The van der Waals surface area contributed by atoms with Gasteiger partial charge in [0.1, 0.15) is 0 Å². The van der Waals surface area contributed by atoms with Gasteiger partial charge in [-0.05, 0) is 31.1 Å². The normalized spacial score (nSPS) is 25.1. The second kappa shape index (κ2) is 6.46. The third-order valence-corrected chi connectivity index (χ3v) is 5.55. The summed E-state index contributed by atoms with van der Waals surface area (Å²) in [7, 11) is 0. The Morgan fingerprint density at radius 2 is 1.60 bits per heavy atom. The first-order valence-corrected chi connectivity index (χ1v) is 8.53. The molecular formula is C17H31NO2. The minimum atomic E-state index is -0.615. The summed E-state index contributed by atoms with van der Waals surface area (Å²) in [4.78, 5) is 13.8. The first kappa shape index (κ1) is 15.8. The van der Waals surface area contributed by atoms with Crippen LogP contribution in [-0.2, 0) is 4.79 Å². The molecular weight excluding hydrogens is 250 g/mol. The van der Waals surface area contributed by atoms with Crippen molar-refractivity contribution in [1.82, 2.24) is 4.90 Å². The summed E-state index contributed by atoms with van der Waals surface area (Å²) in [6.45, 7) is 6.82. The summed E-state index contributed by atoms with van der Waals surface area (Å²) in [6, 6.07) is 0. The lowest BCUT2D eigenvalue weighted by Gasteiger charge is -2.60. The van der Waals surface area contributed by atoms with Crippen LogP contribution in [0, 0.1) is 5.41 Å². The van der Waals surface area contributed by atoms with Crippen molar-refractivity contribution in [2.45, 2.75) is 83.6 Å². The molecule has 1 aliphatic carbocycles. The van der Waals surface area contributed by atoms with E-state index in [1.807, 2.05) is 0 Å². The average Bonchev–Trinajstić information content (AvgIpc) is 2.36. The van der Waals surface area contributed by atoms with Gasteiger partial charge in [-0.2, -0.15) is 0 Å². The molecule has 3 nitrogen and oxygen atoms in total. The molecule has 0 aromatic carbocycles. The van der Waals surface area contributed by atoms with E-state index in [4.69, 9.17) is 0 Å². The lowest BCUT2D eigenvalue weighted by molar-refractivity contribution is -0.149. The van der Waals surface area contributed by atoms with Gasteiger partial charge in [0.15, 0.2) is 0 Å². The molecule has 0 amide bonds. The number of carbonyl (C=O) groups is 1. The minimum absolute atomic E-state index is 0.0188. The molecule has 1 heterocycles. The molecule has 0 atom stereocenters. The number of rotatable bonds is 7. The van der Waals surface area contributed by atoms with Crippen LogP contribution in [0.1, 0.15) is 78.1 Å². The number of nitrogens with zero attached hydrogens (tertiary/aromatic N) is 1. The third-order valence-electron chi connectivity index (χ3n) is 5.55. The third kappa shape index (κ3) is 3.19. The predicted octanol–water partition coefficient (Wildman–Crippen LogP) is 4.07. The van der Waals surface area contributed by atoms with Gasteiger partial charge in [0.2, 0.25) is 0 Å². The number of hydrogen-bond donors (Lipinski definition) is 1. The molecule has 1 aliphatic heterocycles. The van der Waals surface area contributed by atoms with Crippen LogP contribution in [0.15, 0.2) is 0 Å². The van der Waals surface area contributed by atoms with Crippen molar-refractivity contribution in [1.29, 1.82) is 0 Å². The lowest BCUT2D eigenvalue weighted by Crippen LogP contribution is -2.66. The molecule has 3 heteroatoms. The van der Waals surface area contributed by atoms with Crippen LogP contribution in [0.25, 0.3) is 0 Å². The van der Waals surface area contributed by atoms with Crippen LogP contribution in [0.4, 0.5) is 0 Å². The maximum absolute atomic E-state index is 11.3. The number of hydrogen-bond acceptors (Lipinski definition) is 2. The minimum Gasteiger partial charge on any atom is -0.481 e. The van der Waals surface area contributed by atoms with Gasteiger partial charge in [-0.3, -0.25) is 9.69 Å². The van der Waals surface area contributed by atoms with Crippen molar-refractivity contribution >= 4 is 5.97 Å². The SMILES string of the molecule is CCCC1(CCC)CN(C2(CC(=O)O)CCCCC2)C1. The molecule has 1 saturated carbocycles. The zero-order chi connectivity index (χ0) is 14.6. The highest BCUT2D eigenvalue weighted by molar-refractivity contribution is 5.68. The van der Waals surface area contributed by atoms with Gasteiger partial charge in [0.05, 0.1) is 6.42 Å². The molecule has 0 aromatic rings. The Kier molecular flexibility index (Phi) is 5.11. The molecule has 0 aromatic heterocycles. The summed E-state index contributed by atoms with van der Waals surface area (Å²) in [5.74, 6) is -0.615. The molecule has 20 heavy (non-hydrogen) atoms. The fourth-order valence-corrected chi connectivity index (χ4v) is 4.70. The van der Waals surface area contributed by atoms with Crippen molar-refractivity contribution in [2.75, 3.05) is 13.1 Å². The molecule has 0 radical (unpaired) electrons. The van der Waals surface area contributed by atoms with Gasteiger partial charge in [0, 0.05) is 18.6 Å². The van der Waals surface area contributed by atoms with Crippen molar-refractivity contribution in [3.8, 4) is 0 Å². The summed E-state index contributed by atoms with van der Waals surface area (Å²) in [5, 5.41) is 9.31. The van der Waals surface area contributed by atoms with E-state index in [0.717, 1.165) is 25.9 Å². The van der Waals surface area contributed by atoms with Crippen LogP contribution in [0.3, 0.4) is 0 Å². The van der Waals surface area contributed by atoms with E-state index in [1.54, 1.807) is 0 Å². The Bertz CT molecular complexity index is 320. The first-order valence-electron chi connectivity index (χ1n) is 8.53. The Labute approximate surface area is 123 Å². The standard InChI is InChI=1S/C17H31NO2/c1-3-8-16(9-4-2)13-18(14-16)17(12-15(19)20)10-6-5-7-11-17/h3-14H2,1-2H3,(H,19,20). The fourth-order valence-electron chi connectivity index (χ4n) is 4.70. The second-order valence-electron chi connectivity index (χ2n) is 7.21. The largest absolute Gasteiger partial charge is 0.481 e. The maximum Gasteiger partial charge on any atom is 0.305 e. The maximum atomic E-state index is 11.3. The molecule has 116 valence electrons. The zero-order valence-electron chi connectivity index (χ0n) is 13.3. The van der Waals surface area contributed by atoms with E-state index in [1.165, 1.54) is 44.9 Å². The quantitative estimate of drug-likeness (QED) is 0.765. The molecule has 0 unspecified atom stereocenters. The molecule has 0 spiro atoms. The predicted molar refractivity (Wildman–Crippen MR) is 81.9 cm³/mol. The van der Waals surface area contributed by atoms with E-state index in [2.05, 4.69) is 18.7 Å². The number of aliphatic carboxylic acids is 1. The van der Waals surface area contributed by atoms with E-state index in [9.17, 15) is 9.90 Å².